The van der Waals surface area contributed by atoms with E-state index in [-0.39, 0.29) is 17.8 Å². The van der Waals surface area contributed by atoms with Crippen molar-refractivity contribution in [3.63, 3.8) is 0 Å². The van der Waals surface area contributed by atoms with E-state index < -0.39 is 76.4 Å². The molecule has 2 saturated carbocycles. The fourth-order valence-corrected chi connectivity index (χ4v) is 6.15. The lowest BCUT2D eigenvalue weighted by Crippen LogP contribution is -2.78. The van der Waals surface area contributed by atoms with E-state index in [1.54, 1.807) is 13.0 Å². The molecule has 0 radical (unpaired) electrons. The largest absolute Gasteiger partial charge is 0.507 e. The zero-order valence-corrected chi connectivity index (χ0v) is 18.6. The number of phenols is 1. The predicted octanol–water partition coefficient (Wildman–Crippen LogP) is -1.42. The smallest absolute Gasteiger partial charge is 0.293 e. The van der Waals surface area contributed by atoms with Gasteiger partial charge in [0.15, 0.2) is 34.7 Å². The van der Waals surface area contributed by atoms with E-state index in [1.807, 2.05) is 0 Å². The van der Waals surface area contributed by atoms with Gasteiger partial charge in [-0.1, -0.05) is 19.1 Å². The highest BCUT2D eigenvalue weighted by atomic mass is 16.5. The number of nitrogens with zero attached hydrogens (tertiary/aromatic N) is 1. The van der Waals surface area contributed by atoms with Crippen molar-refractivity contribution in [1.29, 1.82) is 0 Å². The Morgan fingerprint density at radius 3 is 2.38 bits per heavy atom. The first-order chi connectivity index (χ1) is 15.9. The van der Waals surface area contributed by atoms with Gasteiger partial charge in [-0.2, -0.15) is 0 Å². The number of aromatic hydroxyl groups is 1. The van der Waals surface area contributed by atoms with Gasteiger partial charge in [0.25, 0.3) is 6.47 Å². The molecule has 4 rings (SSSR count). The summed E-state index contributed by atoms with van der Waals surface area (Å²) in [5.41, 5.74) is 2.54. The molecular weight excluding hydrogens is 448 g/mol. The van der Waals surface area contributed by atoms with E-state index >= 15 is 0 Å². The number of ketones is 4. The number of likely N-dealkylation sites (N-methyl/N-ethyl adjacent to an activating group) is 1. The van der Waals surface area contributed by atoms with Crippen LogP contribution in [-0.4, -0.2) is 82.5 Å². The first-order valence-electron chi connectivity index (χ1n) is 10.7. The van der Waals surface area contributed by atoms with E-state index in [2.05, 4.69) is 0 Å². The van der Waals surface area contributed by atoms with Crippen molar-refractivity contribution in [3.8, 4) is 5.75 Å². The third-order valence-electron chi connectivity index (χ3n) is 7.54. The number of Topliss-reactive ketones (excluding diaryl/α,β-unsaturated/α-hetero) is 4. The highest BCUT2D eigenvalue weighted by molar-refractivity contribution is 6.32. The molecule has 0 aliphatic heterocycles. The number of hydrogen-bond donors (Lipinski definition) is 3. The van der Waals surface area contributed by atoms with E-state index in [4.69, 9.17) is 10.5 Å². The van der Waals surface area contributed by atoms with Crippen LogP contribution < -0.4 is 5.73 Å². The van der Waals surface area contributed by atoms with Gasteiger partial charge in [0.1, 0.15) is 11.9 Å². The van der Waals surface area contributed by atoms with E-state index in [0.717, 1.165) is 0 Å². The third-order valence-corrected chi connectivity index (χ3v) is 7.54. The number of amides is 1. The highest BCUT2D eigenvalue weighted by Crippen LogP contribution is 2.55. The molecule has 0 bridgehead atoms. The van der Waals surface area contributed by atoms with Crippen LogP contribution in [0.2, 0.25) is 0 Å². The highest BCUT2D eigenvalue weighted by Gasteiger charge is 2.73. The molecule has 0 aromatic heterocycles. The Morgan fingerprint density at radius 1 is 1.18 bits per heavy atom. The standard InChI is InChI=1S/C23H24N2O9/c1-8-9-5-4-6-10(27)12(9)17(28)13-11(8)19(34-7-26)15-16(25(2)3)18(29)14(22(24)32)21(31)23(15,33)20(13)30/h4-8,11,13-16,19,27,33H,1-3H3,(H2,24,32)/t8-,11+,13?,14?,15+,16-,19-,23-/m1/s1. The SMILES string of the molecule is C[C@@H]1c2cccc(O)c2C(=O)C2C(=O)[C@@]3(O)C(=O)C(C(N)=O)C(=O)[C@H](N(C)C)[C@H]3[C@H](OC=O)[C@H]21. The minimum absolute atomic E-state index is 0.0645. The number of aliphatic hydroxyl groups is 1. The van der Waals surface area contributed by atoms with Crippen molar-refractivity contribution in [1.82, 2.24) is 4.90 Å². The second-order valence-electron chi connectivity index (χ2n) is 9.31. The second kappa shape index (κ2) is 7.81. The molecule has 0 saturated heterocycles. The summed E-state index contributed by atoms with van der Waals surface area (Å²) in [5, 5.41) is 22.0. The van der Waals surface area contributed by atoms with Crippen molar-refractivity contribution >= 4 is 35.5 Å². The Morgan fingerprint density at radius 2 is 1.82 bits per heavy atom. The molecule has 11 heteroatoms. The Labute approximate surface area is 193 Å². The Bertz CT molecular complexity index is 1150. The van der Waals surface area contributed by atoms with Crippen LogP contribution in [0.1, 0.15) is 28.8 Å². The van der Waals surface area contributed by atoms with Crippen LogP contribution in [0.25, 0.3) is 0 Å². The van der Waals surface area contributed by atoms with Crippen LogP contribution in [0.5, 0.6) is 5.75 Å². The number of rotatable bonds is 4. The Hall–Kier alpha value is -3.44. The van der Waals surface area contributed by atoms with Crippen LogP contribution in [0.4, 0.5) is 0 Å². The van der Waals surface area contributed by atoms with Crippen molar-refractivity contribution < 1.29 is 43.7 Å². The average molecular weight is 472 g/mol. The number of carbonyl (C=O) groups is 6. The van der Waals surface area contributed by atoms with Gasteiger partial charge in [0.05, 0.1) is 23.4 Å². The molecule has 3 aliphatic carbocycles. The number of fused-ring (bicyclic) bond motifs is 3. The van der Waals surface area contributed by atoms with Gasteiger partial charge in [-0.25, -0.2) is 0 Å². The average Bonchev–Trinajstić information content (AvgIpc) is 2.75. The molecule has 0 spiro atoms. The fraction of sp³-hybridized carbons (Fsp3) is 0.478. The molecule has 8 atom stereocenters. The van der Waals surface area contributed by atoms with Gasteiger partial charge in [-0.3, -0.25) is 33.7 Å². The zero-order valence-electron chi connectivity index (χ0n) is 18.6. The predicted molar refractivity (Wildman–Crippen MR) is 112 cm³/mol. The topological polar surface area (TPSA) is 181 Å². The molecule has 34 heavy (non-hydrogen) atoms. The molecule has 1 amide bonds. The summed E-state index contributed by atoms with van der Waals surface area (Å²) in [7, 11) is 2.88. The summed E-state index contributed by atoms with van der Waals surface area (Å²) >= 11 is 0. The maximum absolute atomic E-state index is 13.8. The maximum atomic E-state index is 13.8. The molecule has 1 aromatic rings. The quantitative estimate of drug-likeness (QED) is 0.347. The van der Waals surface area contributed by atoms with Gasteiger partial charge in [-0.15, -0.1) is 0 Å². The summed E-state index contributed by atoms with van der Waals surface area (Å²) in [6.45, 7) is 1.72. The third kappa shape index (κ3) is 2.83. The Balaban J connectivity index is 2.01. The lowest BCUT2D eigenvalue weighted by Gasteiger charge is -2.56. The van der Waals surface area contributed by atoms with E-state index in [1.165, 1.54) is 31.1 Å². The normalized spacial score (nSPS) is 37.0. The number of phenolic OH excluding ortho intramolecular Hbond substituents is 1. The lowest BCUT2D eigenvalue weighted by atomic mass is 9.49. The number of hydrogen-bond acceptors (Lipinski definition) is 10. The molecular formula is C23H24N2O9. The molecule has 2 fully saturated rings. The second-order valence-corrected chi connectivity index (χ2v) is 9.31. The molecule has 2 unspecified atom stereocenters. The van der Waals surface area contributed by atoms with Gasteiger partial charge in [0.2, 0.25) is 5.91 Å². The minimum Gasteiger partial charge on any atom is -0.507 e. The van der Waals surface area contributed by atoms with Crippen molar-refractivity contribution in [2.24, 2.45) is 29.4 Å². The monoisotopic (exact) mass is 472 g/mol. The summed E-state index contributed by atoms with van der Waals surface area (Å²) in [6, 6.07) is 2.97. The molecule has 3 aliphatic rings. The van der Waals surface area contributed by atoms with E-state index in [0.29, 0.717) is 5.56 Å². The molecule has 0 heterocycles. The molecule has 4 N–H and O–H groups in total. The molecule has 180 valence electrons. The molecule has 11 nitrogen and oxygen atoms in total. The minimum atomic E-state index is -3.01. The van der Waals surface area contributed by atoms with Crippen molar-refractivity contribution in [2.75, 3.05) is 14.1 Å². The van der Waals surface area contributed by atoms with Gasteiger partial charge >= 0.3 is 0 Å². The zero-order chi connectivity index (χ0) is 25.3. The van der Waals surface area contributed by atoms with Crippen LogP contribution >= 0.6 is 0 Å². The van der Waals surface area contributed by atoms with Crippen molar-refractivity contribution in [2.45, 2.75) is 30.6 Å². The lowest BCUT2D eigenvalue weighted by molar-refractivity contribution is -0.201. The number of carbonyl (C=O) groups excluding carboxylic acids is 6. The van der Waals surface area contributed by atoms with Gasteiger partial charge in [-0.05, 0) is 31.6 Å². The summed E-state index contributed by atoms with van der Waals surface area (Å²) in [4.78, 5) is 78.7. The van der Waals surface area contributed by atoms with E-state index in [9.17, 15) is 39.0 Å². The number of benzene rings is 1. The number of primary amides is 1. The number of ether oxygens (including phenoxy) is 1. The van der Waals surface area contributed by atoms with Crippen LogP contribution in [-0.2, 0) is 28.7 Å². The Kier molecular flexibility index (Phi) is 5.45. The van der Waals surface area contributed by atoms with Crippen LogP contribution in [0, 0.1) is 23.7 Å². The summed E-state index contributed by atoms with van der Waals surface area (Å²) < 4.78 is 5.32. The first kappa shape index (κ1) is 23.7. The van der Waals surface area contributed by atoms with Crippen LogP contribution in [0.3, 0.4) is 0 Å². The summed E-state index contributed by atoms with van der Waals surface area (Å²) in [6.07, 6.45) is -1.42. The molecule has 1 aromatic carbocycles. The maximum Gasteiger partial charge on any atom is 0.293 e. The van der Waals surface area contributed by atoms with Crippen LogP contribution in [0.15, 0.2) is 18.2 Å². The fourth-order valence-electron chi connectivity index (χ4n) is 6.15. The van der Waals surface area contributed by atoms with Gasteiger partial charge in [0, 0.05) is 5.92 Å². The summed E-state index contributed by atoms with van der Waals surface area (Å²) in [5.74, 6) is -13.2. The number of nitrogens with two attached hydrogens (primary N) is 1. The van der Waals surface area contributed by atoms with Crippen molar-refractivity contribution in [3.05, 3.63) is 29.3 Å². The van der Waals surface area contributed by atoms with Gasteiger partial charge < -0.3 is 20.7 Å². The first-order valence-corrected chi connectivity index (χ1v) is 10.7.